The van der Waals surface area contributed by atoms with Gasteiger partial charge in [0.25, 0.3) is 5.91 Å². The number of hydrogen-bond donors (Lipinski definition) is 2. The number of fused-ring (bicyclic) bond motifs is 1. The number of hydrogen-bond acceptors (Lipinski definition) is 8. The Kier molecular flexibility index (Phi) is 4.97. The summed E-state index contributed by atoms with van der Waals surface area (Å²) in [4.78, 5) is 25.0. The average Bonchev–Trinajstić information content (AvgIpc) is 3.19. The van der Waals surface area contributed by atoms with E-state index in [2.05, 4.69) is 25.4 Å². The number of nitrogens with one attached hydrogen (secondary N) is 2. The standard InChI is InChI=1S/C14H13F3N6O3S/c1-5-7-10(26-3)18-6(4-25-2)19-11(7)27-8(5)9(24)20-13-21-12(22-23-13)14(15,16)17/h4H2,1-3H3,(H2,20,21,22,23,24). The highest BCUT2D eigenvalue weighted by atomic mass is 32.1. The van der Waals surface area contributed by atoms with Crippen molar-refractivity contribution in [2.24, 2.45) is 0 Å². The Hall–Kier alpha value is -2.80. The van der Waals surface area contributed by atoms with Gasteiger partial charge in [0.05, 0.1) is 17.4 Å². The zero-order valence-corrected chi connectivity index (χ0v) is 15.1. The van der Waals surface area contributed by atoms with Crippen LogP contribution < -0.4 is 10.1 Å². The molecule has 0 aliphatic rings. The minimum Gasteiger partial charge on any atom is -0.480 e. The molecule has 0 fully saturated rings. The average molecular weight is 402 g/mol. The number of carbonyl (C=O) groups excluding carboxylic acids is 1. The first-order chi connectivity index (χ1) is 12.7. The van der Waals surface area contributed by atoms with Crippen LogP contribution in [0.15, 0.2) is 0 Å². The van der Waals surface area contributed by atoms with Gasteiger partial charge in [0.2, 0.25) is 17.7 Å². The lowest BCUT2D eigenvalue weighted by Crippen LogP contribution is -2.13. The largest absolute Gasteiger partial charge is 0.480 e. The number of nitrogens with zero attached hydrogens (tertiary/aromatic N) is 4. The molecule has 0 radical (unpaired) electrons. The zero-order valence-electron chi connectivity index (χ0n) is 14.3. The summed E-state index contributed by atoms with van der Waals surface area (Å²) in [5.74, 6) is -1.81. The smallest absolute Gasteiger partial charge is 0.451 e. The van der Waals surface area contributed by atoms with E-state index in [9.17, 15) is 18.0 Å². The number of methoxy groups -OCH3 is 2. The van der Waals surface area contributed by atoms with Crippen molar-refractivity contribution in [1.29, 1.82) is 0 Å². The second kappa shape index (κ2) is 7.08. The van der Waals surface area contributed by atoms with Crippen molar-refractivity contribution in [1.82, 2.24) is 25.1 Å². The quantitative estimate of drug-likeness (QED) is 0.674. The molecule has 2 N–H and O–H groups in total. The SMILES string of the molecule is COCc1nc(OC)c2c(C)c(C(=O)Nc3n[nH]c(C(F)(F)F)n3)sc2n1. The molecule has 3 rings (SSSR count). The maximum atomic E-state index is 12.6. The number of ether oxygens (including phenoxy) is 2. The molecule has 3 aromatic heterocycles. The summed E-state index contributed by atoms with van der Waals surface area (Å²) < 4.78 is 48.0. The maximum Gasteiger partial charge on any atom is 0.451 e. The van der Waals surface area contributed by atoms with Crippen LogP contribution in [0.3, 0.4) is 0 Å². The van der Waals surface area contributed by atoms with E-state index in [0.717, 1.165) is 11.3 Å². The lowest BCUT2D eigenvalue weighted by atomic mass is 10.2. The number of anilines is 1. The first kappa shape index (κ1) is 19.0. The second-order valence-corrected chi connectivity index (χ2v) is 6.28. The van der Waals surface area contributed by atoms with Gasteiger partial charge in [-0.05, 0) is 12.5 Å². The molecule has 27 heavy (non-hydrogen) atoms. The summed E-state index contributed by atoms with van der Waals surface area (Å²) in [6.45, 7) is 1.82. The second-order valence-electron chi connectivity index (χ2n) is 5.28. The van der Waals surface area contributed by atoms with E-state index >= 15 is 0 Å². The molecule has 0 saturated carbocycles. The molecule has 0 aliphatic carbocycles. The fourth-order valence-corrected chi connectivity index (χ4v) is 3.39. The molecule has 13 heteroatoms. The van der Waals surface area contributed by atoms with Crippen molar-refractivity contribution in [2.75, 3.05) is 19.5 Å². The van der Waals surface area contributed by atoms with Crippen LogP contribution in [0.5, 0.6) is 5.88 Å². The van der Waals surface area contributed by atoms with Crippen LogP contribution in [0.4, 0.5) is 19.1 Å². The normalized spacial score (nSPS) is 11.8. The number of amides is 1. The number of carbonyl (C=O) groups is 1. The highest BCUT2D eigenvalue weighted by Crippen LogP contribution is 2.35. The van der Waals surface area contributed by atoms with Gasteiger partial charge in [-0.3, -0.25) is 15.2 Å². The van der Waals surface area contributed by atoms with E-state index in [0.29, 0.717) is 21.6 Å². The number of H-pyrrole nitrogens is 1. The third kappa shape index (κ3) is 3.68. The van der Waals surface area contributed by atoms with Crippen molar-refractivity contribution >= 4 is 33.4 Å². The molecular weight excluding hydrogens is 389 g/mol. The summed E-state index contributed by atoms with van der Waals surface area (Å²) >= 11 is 1.05. The predicted molar refractivity (Wildman–Crippen MR) is 88.8 cm³/mol. The lowest BCUT2D eigenvalue weighted by Gasteiger charge is -2.04. The molecular formula is C14H13F3N6O3S. The third-order valence-electron chi connectivity index (χ3n) is 3.46. The number of thiophene rings is 1. The van der Waals surface area contributed by atoms with Crippen LogP contribution in [0, 0.1) is 6.92 Å². The van der Waals surface area contributed by atoms with Crippen LogP contribution in [-0.4, -0.2) is 45.3 Å². The molecule has 0 atom stereocenters. The van der Waals surface area contributed by atoms with Crippen molar-refractivity contribution in [3.05, 3.63) is 22.1 Å². The van der Waals surface area contributed by atoms with E-state index in [1.807, 2.05) is 0 Å². The number of alkyl halides is 3. The van der Waals surface area contributed by atoms with Crippen LogP contribution in [-0.2, 0) is 17.5 Å². The van der Waals surface area contributed by atoms with Crippen LogP contribution in [0.2, 0.25) is 0 Å². The Morgan fingerprint density at radius 2 is 2.00 bits per heavy atom. The van der Waals surface area contributed by atoms with Crippen molar-refractivity contribution < 1.29 is 27.4 Å². The predicted octanol–water partition coefficient (Wildman–Crippen LogP) is 2.54. The van der Waals surface area contributed by atoms with Crippen LogP contribution >= 0.6 is 11.3 Å². The molecule has 144 valence electrons. The van der Waals surface area contributed by atoms with Gasteiger partial charge in [0, 0.05) is 7.11 Å². The van der Waals surface area contributed by atoms with Gasteiger partial charge >= 0.3 is 6.18 Å². The van der Waals surface area contributed by atoms with E-state index < -0.39 is 23.9 Å². The summed E-state index contributed by atoms with van der Waals surface area (Å²) in [6, 6.07) is 0. The Labute approximate surface area is 153 Å². The lowest BCUT2D eigenvalue weighted by molar-refractivity contribution is -0.144. The Balaban J connectivity index is 1.95. The van der Waals surface area contributed by atoms with Gasteiger partial charge in [0.15, 0.2) is 5.82 Å². The summed E-state index contributed by atoms with van der Waals surface area (Å²) in [5, 5.41) is 7.86. The molecule has 3 aromatic rings. The van der Waals surface area contributed by atoms with Gasteiger partial charge in [-0.15, -0.1) is 16.4 Å². The Morgan fingerprint density at radius 3 is 2.59 bits per heavy atom. The molecule has 9 nitrogen and oxygen atoms in total. The Bertz CT molecular complexity index is 1000. The van der Waals surface area contributed by atoms with Crippen molar-refractivity contribution in [2.45, 2.75) is 19.7 Å². The number of aromatic nitrogens is 5. The van der Waals surface area contributed by atoms with E-state index in [4.69, 9.17) is 9.47 Å². The molecule has 0 unspecified atom stereocenters. The monoisotopic (exact) mass is 402 g/mol. The molecule has 1 amide bonds. The summed E-state index contributed by atoms with van der Waals surface area (Å²) in [7, 11) is 2.92. The highest BCUT2D eigenvalue weighted by Gasteiger charge is 2.35. The number of halogens is 3. The van der Waals surface area contributed by atoms with Crippen LogP contribution in [0.25, 0.3) is 10.2 Å². The van der Waals surface area contributed by atoms with Gasteiger partial charge < -0.3 is 9.47 Å². The first-order valence-electron chi connectivity index (χ1n) is 7.38. The fraction of sp³-hybridized carbons (Fsp3) is 0.357. The molecule has 3 heterocycles. The number of aromatic amines is 1. The van der Waals surface area contributed by atoms with Crippen molar-refractivity contribution in [3.8, 4) is 5.88 Å². The minimum atomic E-state index is -4.69. The molecule has 0 bridgehead atoms. The fourth-order valence-electron chi connectivity index (χ4n) is 2.30. The molecule has 0 aromatic carbocycles. The molecule has 0 saturated heterocycles. The molecule has 0 aliphatic heterocycles. The summed E-state index contributed by atoms with van der Waals surface area (Å²) in [6.07, 6.45) is -4.69. The van der Waals surface area contributed by atoms with E-state index in [1.165, 1.54) is 14.2 Å². The number of aryl methyl sites for hydroxylation is 1. The Morgan fingerprint density at radius 1 is 1.26 bits per heavy atom. The third-order valence-corrected chi connectivity index (χ3v) is 4.64. The molecule has 0 spiro atoms. The van der Waals surface area contributed by atoms with Gasteiger partial charge in [-0.1, -0.05) is 0 Å². The van der Waals surface area contributed by atoms with Gasteiger partial charge in [-0.25, -0.2) is 4.98 Å². The van der Waals surface area contributed by atoms with E-state index in [1.54, 1.807) is 12.0 Å². The van der Waals surface area contributed by atoms with Gasteiger partial charge in [-0.2, -0.15) is 23.1 Å². The first-order valence-corrected chi connectivity index (χ1v) is 8.20. The maximum absolute atomic E-state index is 12.6. The topological polar surface area (TPSA) is 115 Å². The van der Waals surface area contributed by atoms with Crippen LogP contribution in [0.1, 0.15) is 26.9 Å². The minimum absolute atomic E-state index is 0.155. The van der Waals surface area contributed by atoms with Gasteiger partial charge in [0.1, 0.15) is 11.4 Å². The highest BCUT2D eigenvalue weighted by molar-refractivity contribution is 7.20. The van der Waals surface area contributed by atoms with E-state index in [-0.39, 0.29) is 17.4 Å². The number of rotatable bonds is 5. The summed E-state index contributed by atoms with van der Waals surface area (Å²) in [5.41, 5.74) is 0.528. The van der Waals surface area contributed by atoms with Crippen molar-refractivity contribution in [3.63, 3.8) is 0 Å². The zero-order chi connectivity index (χ0) is 19.8.